The van der Waals surface area contributed by atoms with Gasteiger partial charge in [-0.15, -0.1) is 12.4 Å². The van der Waals surface area contributed by atoms with Gasteiger partial charge < -0.3 is 10.1 Å². The van der Waals surface area contributed by atoms with E-state index in [-0.39, 0.29) is 30.1 Å². The van der Waals surface area contributed by atoms with Crippen LogP contribution in [-0.4, -0.2) is 57.4 Å². The van der Waals surface area contributed by atoms with E-state index in [0.717, 1.165) is 19.5 Å². The van der Waals surface area contributed by atoms with Crippen molar-refractivity contribution in [3.05, 3.63) is 0 Å². The highest BCUT2D eigenvalue weighted by molar-refractivity contribution is 7.89. The number of rotatable bonds is 3. The molecule has 1 N–H and O–H groups in total. The van der Waals surface area contributed by atoms with Crippen LogP contribution in [0.1, 0.15) is 13.3 Å². The molecule has 0 saturated carbocycles. The Kier molecular flexibility index (Phi) is 5.66. The first-order valence-electron chi connectivity index (χ1n) is 5.87. The number of nitrogens with one attached hydrogen (secondary N) is 1. The maximum Gasteiger partial charge on any atom is 0.214 e. The van der Waals surface area contributed by atoms with Crippen LogP contribution in [0.15, 0.2) is 0 Å². The third kappa shape index (κ3) is 3.79. The fourth-order valence-electron chi connectivity index (χ4n) is 2.34. The summed E-state index contributed by atoms with van der Waals surface area (Å²) in [5.41, 5.74) is 0. The van der Waals surface area contributed by atoms with E-state index < -0.39 is 10.0 Å². The van der Waals surface area contributed by atoms with Crippen LogP contribution >= 0.6 is 12.4 Å². The molecule has 2 fully saturated rings. The SMILES string of the molecule is CC1CNCCN1S(=O)(=O)CC1CCOC1.Cl. The Morgan fingerprint density at radius 3 is 2.82 bits per heavy atom. The normalized spacial score (nSPS) is 31.1. The summed E-state index contributed by atoms with van der Waals surface area (Å²) in [6.07, 6.45) is 0.875. The third-order valence-corrected chi connectivity index (χ3v) is 5.42. The Labute approximate surface area is 109 Å². The number of ether oxygens (including phenoxy) is 1. The average Bonchev–Trinajstić information content (AvgIpc) is 2.70. The molecule has 7 heteroatoms. The number of hydrogen-bond donors (Lipinski definition) is 1. The Hall–Kier alpha value is 0.120. The second-order valence-electron chi connectivity index (χ2n) is 4.67. The second kappa shape index (κ2) is 6.33. The smallest absolute Gasteiger partial charge is 0.214 e. The molecular formula is C10H21ClN2O3S. The number of nitrogens with zero attached hydrogens (tertiary/aromatic N) is 1. The summed E-state index contributed by atoms with van der Waals surface area (Å²) in [6.45, 7) is 5.36. The highest BCUT2D eigenvalue weighted by Crippen LogP contribution is 2.18. The Bertz CT molecular complexity index is 330. The van der Waals surface area contributed by atoms with E-state index in [9.17, 15) is 8.42 Å². The minimum absolute atomic E-state index is 0. The van der Waals surface area contributed by atoms with Gasteiger partial charge in [-0.25, -0.2) is 8.42 Å². The molecule has 2 aliphatic rings. The van der Waals surface area contributed by atoms with Gasteiger partial charge in [0.1, 0.15) is 0 Å². The van der Waals surface area contributed by atoms with Crippen LogP contribution in [0, 0.1) is 5.92 Å². The maximum atomic E-state index is 12.2. The fourth-order valence-corrected chi connectivity index (χ4v) is 4.39. The quantitative estimate of drug-likeness (QED) is 0.797. The van der Waals surface area contributed by atoms with Crippen LogP contribution in [0.3, 0.4) is 0 Å². The summed E-state index contributed by atoms with van der Waals surface area (Å²) in [7, 11) is -3.10. The van der Waals surface area contributed by atoms with Crippen molar-refractivity contribution in [2.24, 2.45) is 5.92 Å². The monoisotopic (exact) mass is 284 g/mol. The van der Waals surface area contributed by atoms with Crippen LogP contribution in [0.2, 0.25) is 0 Å². The van der Waals surface area contributed by atoms with Crippen molar-refractivity contribution in [3.8, 4) is 0 Å². The van der Waals surface area contributed by atoms with E-state index in [4.69, 9.17) is 4.74 Å². The molecule has 0 radical (unpaired) electrons. The molecule has 0 aromatic heterocycles. The minimum atomic E-state index is -3.10. The van der Waals surface area contributed by atoms with Gasteiger partial charge in [-0.2, -0.15) is 4.31 Å². The number of piperazine rings is 1. The molecule has 2 heterocycles. The number of hydrogen-bond acceptors (Lipinski definition) is 4. The Morgan fingerprint density at radius 2 is 2.24 bits per heavy atom. The molecule has 2 atom stereocenters. The molecule has 0 aromatic carbocycles. The molecular weight excluding hydrogens is 264 g/mol. The van der Waals surface area contributed by atoms with Crippen molar-refractivity contribution in [2.75, 3.05) is 38.6 Å². The number of sulfonamides is 1. The first-order chi connectivity index (χ1) is 7.59. The molecule has 2 rings (SSSR count). The van der Waals surface area contributed by atoms with Gasteiger partial charge in [-0.1, -0.05) is 0 Å². The van der Waals surface area contributed by atoms with Gasteiger partial charge >= 0.3 is 0 Å². The molecule has 2 aliphatic heterocycles. The molecule has 102 valence electrons. The van der Waals surface area contributed by atoms with Gasteiger partial charge in [0.2, 0.25) is 10.0 Å². The van der Waals surface area contributed by atoms with E-state index in [1.54, 1.807) is 4.31 Å². The van der Waals surface area contributed by atoms with Crippen molar-refractivity contribution >= 4 is 22.4 Å². The first-order valence-corrected chi connectivity index (χ1v) is 7.48. The predicted octanol–water partition coefficient (Wildman–Crippen LogP) is 0.0682. The zero-order valence-corrected chi connectivity index (χ0v) is 11.7. The zero-order valence-electron chi connectivity index (χ0n) is 10.1. The predicted molar refractivity (Wildman–Crippen MR) is 69.0 cm³/mol. The lowest BCUT2D eigenvalue weighted by atomic mass is 10.2. The van der Waals surface area contributed by atoms with Crippen LogP contribution in [-0.2, 0) is 14.8 Å². The Morgan fingerprint density at radius 1 is 1.47 bits per heavy atom. The van der Waals surface area contributed by atoms with Crippen molar-refractivity contribution < 1.29 is 13.2 Å². The van der Waals surface area contributed by atoms with E-state index in [0.29, 0.717) is 19.8 Å². The topological polar surface area (TPSA) is 58.6 Å². The molecule has 0 aromatic rings. The second-order valence-corrected chi connectivity index (χ2v) is 6.64. The lowest BCUT2D eigenvalue weighted by Crippen LogP contribution is -2.53. The van der Waals surface area contributed by atoms with E-state index in [1.807, 2.05) is 6.92 Å². The van der Waals surface area contributed by atoms with Gasteiger partial charge in [0, 0.05) is 32.3 Å². The lowest BCUT2D eigenvalue weighted by Gasteiger charge is -2.33. The Balaban J connectivity index is 0.00000144. The summed E-state index contributed by atoms with van der Waals surface area (Å²) < 4.78 is 31.3. The van der Waals surface area contributed by atoms with Gasteiger partial charge in [0.25, 0.3) is 0 Å². The highest BCUT2D eigenvalue weighted by atomic mass is 35.5. The molecule has 0 bridgehead atoms. The lowest BCUT2D eigenvalue weighted by molar-refractivity contribution is 0.188. The summed E-state index contributed by atoms with van der Waals surface area (Å²) in [6, 6.07) is 0.0704. The van der Waals surface area contributed by atoms with Crippen LogP contribution in [0.4, 0.5) is 0 Å². The van der Waals surface area contributed by atoms with Crippen LogP contribution in [0.5, 0.6) is 0 Å². The van der Waals surface area contributed by atoms with Crippen molar-refractivity contribution in [1.29, 1.82) is 0 Å². The van der Waals surface area contributed by atoms with Crippen LogP contribution < -0.4 is 5.32 Å². The highest BCUT2D eigenvalue weighted by Gasteiger charge is 2.32. The molecule has 0 amide bonds. The maximum absolute atomic E-state index is 12.2. The van der Waals surface area contributed by atoms with Gasteiger partial charge in [-0.05, 0) is 19.3 Å². The van der Waals surface area contributed by atoms with Crippen molar-refractivity contribution in [3.63, 3.8) is 0 Å². The molecule has 0 aliphatic carbocycles. The first kappa shape index (κ1) is 15.2. The van der Waals surface area contributed by atoms with E-state index in [1.165, 1.54) is 0 Å². The van der Waals surface area contributed by atoms with Crippen molar-refractivity contribution in [2.45, 2.75) is 19.4 Å². The van der Waals surface area contributed by atoms with Gasteiger partial charge in [-0.3, -0.25) is 0 Å². The van der Waals surface area contributed by atoms with Crippen LogP contribution in [0.25, 0.3) is 0 Å². The van der Waals surface area contributed by atoms with E-state index >= 15 is 0 Å². The summed E-state index contributed by atoms with van der Waals surface area (Å²) in [4.78, 5) is 0. The molecule has 5 nitrogen and oxygen atoms in total. The minimum Gasteiger partial charge on any atom is -0.381 e. The van der Waals surface area contributed by atoms with Gasteiger partial charge in [0.05, 0.1) is 12.4 Å². The third-order valence-electron chi connectivity index (χ3n) is 3.27. The van der Waals surface area contributed by atoms with Crippen molar-refractivity contribution in [1.82, 2.24) is 9.62 Å². The molecule has 2 unspecified atom stereocenters. The fraction of sp³-hybridized carbons (Fsp3) is 1.00. The summed E-state index contributed by atoms with van der Waals surface area (Å²) in [5, 5.41) is 3.20. The number of halogens is 1. The van der Waals surface area contributed by atoms with E-state index in [2.05, 4.69) is 5.32 Å². The summed E-state index contributed by atoms with van der Waals surface area (Å²) in [5.74, 6) is 0.434. The molecule has 0 spiro atoms. The molecule has 17 heavy (non-hydrogen) atoms. The summed E-state index contributed by atoms with van der Waals surface area (Å²) >= 11 is 0. The molecule has 2 saturated heterocycles. The standard InChI is InChI=1S/C10H20N2O3S.ClH/c1-9-6-11-3-4-12(9)16(13,14)8-10-2-5-15-7-10;/h9-11H,2-8H2,1H3;1H. The zero-order chi connectivity index (χ0) is 11.6. The van der Waals surface area contributed by atoms with Gasteiger partial charge in [0.15, 0.2) is 0 Å². The largest absolute Gasteiger partial charge is 0.381 e. The average molecular weight is 285 g/mol.